The third-order valence-corrected chi connectivity index (χ3v) is 5.47. The van der Waals surface area contributed by atoms with Gasteiger partial charge >= 0.3 is 0 Å². The molecule has 122 valence electrons. The lowest BCUT2D eigenvalue weighted by Crippen LogP contribution is -2.12. The molecule has 0 radical (unpaired) electrons. The van der Waals surface area contributed by atoms with Gasteiger partial charge in [-0.25, -0.2) is 4.98 Å². The predicted molar refractivity (Wildman–Crippen MR) is 98.7 cm³/mol. The van der Waals surface area contributed by atoms with Crippen molar-refractivity contribution in [2.24, 2.45) is 0 Å². The lowest BCUT2D eigenvalue weighted by molar-refractivity contribution is 0.0970. The van der Waals surface area contributed by atoms with E-state index in [1.165, 1.54) is 5.56 Å². The third kappa shape index (κ3) is 2.19. The normalized spacial score (nSPS) is 15.3. The first kappa shape index (κ1) is 14.7. The van der Waals surface area contributed by atoms with Crippen molar-refractivity contribution in [3.63, 3.8) is 0 Å². The highest BCUT2D eigenvalue weighted by Crippen LogP contribution is 2.41. The zero-order valence-electron chi connectivity index (χ0n) is 13.1. The summed E-state index contributed by atoms with van der Waals surface area (Å²) in [5.41, 5.74) is 4.85. The Labute approximate surface area is 152 Å². The van der Waals surface area contributed by atoms with Crippen LogP contribution in [0.4, 0.5) is 0 Å². The Hall–Kier alpha value is -2.66. The fourth-order valence-electron chi connectivity index (χ4n) is 3.62. The number of halogens is 1. The van der Waals surface area contributed by atoms with Crippen molar-refractivity contribution >= 4 is 32.7 Å². The number of rotatable bonds is 3. The van der Waals surface area contributed by atoms with E-state index in [0.717, 1.165) is 26.7 Å². The molecule has 0 bridgehead atoms. The van der Waals surface area contributed by atoms with Gasteiger partial charge in [0.05, 0.1) is 30.5 Å². The van der Waals surface area contributed by atoms with Gasteiger partial charge in [-0.2, -0.15) is 0 Å². The van der Waals surface area contributed by atoms with Gasteiger partial charge in [-0.05, 0) is 39.7 Å². The van der Waals surface area contributed by atoms with Crippen molar-refractivity contribution in [2.45, 2.75) is 12.5 Å². The minimum absolute atomic E-state index is 0.0202. The lowest BCUT2D eigenvalue weighted by atomic mass is 9.96. The van der Waals surface area contributed by atoms with E-state index < -0.39 is 0 Å². The molecule has 0 fully saturated rings. The first-order chi connectivity index (χ1) is 12.2. The second kappa shape index (κ2) is 5.43. The number of imidazole rings is 1. The molecule has 5 rings (SSSR count). The third-order valence-electron chi connectivity index (χ3n) is 4.82. The van der Waals surface area contributed by atoms with E-state index in [2.05, 4.69) is 37.6 Å². The Morgan fingerprint density at radius 2 is 2.12 bits per heavy atom. The topological polar surface area (TPSA) is 48.0 Å². The van der Waals surface area contributed by atoms with Gasteiger partial charge in [0, 0.05) is 27.4 Å². The Kier molecular flexibility index (Phi) is 3.18. The zero-order valence-corrected chi connectivity index (χ0v) is 14.7. The van der Waals surface area contributed by atoms with Crippen LogP contribution in [0.15, 0.2) is 70.1 Å². The zero-order chi connectivity index (χ0) is 17.0. The summed E-state index contributed by atoms with van der Waals surface area (Å²) in [6.07, 6.45) is 5.69. The molecule has 2 aromatic heterocycles. The van der Waals surface area contributed by atoms with E-state index in [9.17, 15) is 4.79 Å². The average Bonchev–Trinajstić information content (AvgIpc) is 3.31. The minimum atomic E-state index is -0.0202. The molecule has 0 saturated carbocycles. The number of benzene rings is 2. The number of hydrogen-bond acceptors (Lipinski definition) is 3. The van der Waals surface area contributed by atoms with Crippen LogP contribution in [0, 0.1) is 0 Å². The highest BCUT2D eigenvalue weighted by atomic mass is 79.9. The molecule has 0 amide bonds. The maximum Gasteiger partial charge on any atom is 0.166 e. The highest BCUT2D eigenvalue weighted by molar-refractivity contribution is 9.10. The molecule has 1 unspecified atom stereocenters. The molecule has 1 aliphatic heterocycles. The lowest BCUT2D eigenvalue weighted by Gasteiger charge is -2.14. The van der Waals surface area contributed by atoms with Crippen LogP contribution in [0.5, 0.6) is 0 Å². The first-order valence-electron chi connectivity index (χ1n) is 8.03. The molecule has 5 heteroatoms. The highest BCUT2D eigenvalue weighted by Gasteiger charge is 2.30. The smallest absolute Gasteiger partial charge is 0.166 e. The second-order valence-electron chi connectivity index (χ2n) is 6.21. The van der Waals surface area contributed by atoms with Gasteiger partial charge in [-0.1, -0.05) is 24.3 Å². The maximum absolute atomic E-state index is 13.0. The number of hydrogen-bond donors (Lipinski definition) is 0. The Bertz CT molecular complexity index is 1130. The van der Waals surface area contributed by atoms with Crippen LogP contribution >= 0.6 is 15.9 Å². The number of ketones is 1. The quantitative estimate of drug-likeness (QED) is 0.448. The number of furan rings is 1. The molecule has 4 aromatic rings. The van der Waals surface area contributed by atoms with Crippen LogP contribution in [0.2, 0.25) is 0 Å². The molecule has 1 atom stereocenters. The molecule has 1 aliphatic rings. The van der Waals surface area contributed by atoms with Crippen LogP contribution in [0.1, 0.15) is 28.4 Å². The van der Waals surface area contributed by atoms with Crippen LogP contribution in [0.25, 0.3) is 22.2 Å². The second-order valence-corrected chi connectivity index (χ2v) is 7.06. The molecule has 2 aromatic carbocycles. The predicted octanol–water partition coefficient (Wildman–Crippen LogP) is 5.23. The fourth-order valence-corrected chi connectivity index (χ4v) is 4.17. The molecule has 3 heterocycles. The summed E-state index contributed by atoms with van der Waals surface area (Å²) < 4.78 is 8.25. The van der Waals surface area contributed by atoms with Gasteiger partial charge in [0.2, 0.25) is 0 Å². The molecule has 0 N–H and O–H groups in total. The van der Waals surface area contributed by atoms with Gasteiger partial charge < -0.3 is 8.98 Å². The summed E-state index contributed by atoms with van der Waals surface area (Å²) in [4.78, 5) is 17.3. The van der Waals surface area contributed by atoms with E-state index in [1.54, 1.807) is 6.26 Å². The summed E-state index contributed by atoms with van der Waals surface area (Å²) in [7, 11) is 0. The summed E-state index contributed by atoms with van der Waals surface area (Å²) in [5.74, 6) is 0.0938. The molecular weight excluding hydrogens is 380 g/mol. The summed E-state index contributed by atoms with van der Waals surface area (Å²) in [6, 6.07) is 13.8. The fraction of sp³-hybridized carbons (Fsp3) is 0.100. The van der Waals surface area contributed by atoms with Gasteiger partial charge in [-0.3, -0.25) is 4.79 Å². The Morgan fingerprint density at radius 3 is 3.04 bits per heavy atom. The first-order valence-corrected chi connectivity index (χ1v) is 8.83. The monoisotopic (exact) mass is 392 g/mol. The number of fused-ring (bicyclic) bond motifs is 4. The Morgan fingerprint density at radius 1 is 1.24 bits per heavy atom. The molecule has 25 heavy (non-hydrogen) atoms. The summed E-state index contributed by atoms with van der Waals surface area (Å²) >= 11 is 3.51. The van der Waals surface area contributed by atoms with E-state index in [-0.39, 0.29) is 11.8 Å². The number of nitrogens with zero attached hydrogens (tertiary/aromatic N) is 2. The molecule has 0 spiro atoms. The van der Waals surface area contributed by atoms with Gasteiger partial charge in [-0.15, -0.1) is 0 Å². The van der Waals surface area contributed by atoms with Gasteiger partial charge in [0.1, 0.15) is 5.58 Å². The molecule has 0 saturated heterocycles. The van der Waals surface area contributed by atoms with Crippen molar-refractivity contribution in [1.82, 2.24) is 9.55 Å². The number of aromatic nitrogens is 2. The van der Waals surface area contributed by atoms with E-state index >= 15 is 0 Å². The van der Waals surface area contributed by atoms with Crippen molar-refractivity contribution in [3.05, 3.63) is 76.9 Å². The van der Waals surface area contributed by atoms with E-state index in [4.69, 9.17) is 4.42 Å². The molecule has 4 nitrogen and oxygen atoms in total. The number of carbonyl (C=O) groups excluding carboxylic acids is 1. The molecular formula is C20H13BrN2O2. The SMILES string of the molecule is O=C(CC1c2ccccc2-c2cncn21)c1cc2ccoc2cc1Br. The maximum atomic E-state index is 13.0. The van der Waals surface area contributed by atoms with E-state index in [0.29, 0.717) is 12.0 Å². The van der Waals surface area contributed by atoms with Crippen molar-refractivity contribution < 1.29 is 9.21 Å². The summed E-state index contributed by atoms with van der Waals surface area (Å²) in [5, 5.41) is 0.932. The van der Waals surface area contributed by atoms with Crippen LogP contribution < -0.4 is 0 Å². The number of Topliss-reactive ketones (excluding diaryl/α,β-unsaturated/α-hetero) is 1. The van der Waals surface area contributed by atoms with Crippen molar-refractivity contribution in [1.29, 1.82) is 0 Å². The van der Waals surface area contributed by atoms with Crippen molar-refractivity contribution in [3.8, 4) is 11.3 Å². The number of carbonyl (C=O) groups is 1. The largest absolute Gasteiger partial charge is 0.464 e. The molecule has 0 aliphatic carbocycles. The van der Waals surface area contributed by atoms with Crippen LogP contribution in [-0.2, 0) is 0 Å². The van der Waals surface area contributed by atoms with Crippen LogP contribution in [0.3, 0.4) is 0 Å². The van der Waals surface area contributed by atoms with Crippen molar-refractivity contribution in [2.75, 3.05) is 0 Å². The van der Waals surface area contributed by atoms with Crippen LogP contribution in [-0.4, -0.2) is 15.3 Å². The Balaban J connectivity index is 1.55. The van der Waals surface area contributed by atoms with Gasteiger partial charge in [0.25, 0.3) is 0 Å². The minimum Gasteiger partial charge on any atom is -0.464 e. The standard InChI is InChI=1S/C20H13BrN2O2/c21-16-8-20-12(5-6-25-20)7-15(16)19(24)9-17-13-3-1-2-4-14(13)18-10-22-11-23(17)18/h1-8,10-11,17H,9H2. The average molecular weight is 393 g/mol. The van der Waals surface area contributed by atoms with Gasteiger partial charge in [0.15, 0.2) is 5.78 Å². The van der Waals surface area contributed by atoms with E-state index in [1.807, 2.05) is 42.9 Å². The summed E-state index contributed by atoms with van der Waals surface area (Å²) in [6.45, 7) is 0.